The Morgan fingerprint density at radius 2 is 1.97 bits per heavy atom. The molecule has 2 aliphatic heterocycles. The van der Waals surface area contributed by atoms with Crippen molar-refractivity contribution in [2.24, 2.45) is 9.98 Å². The number of hydrogen-bond donors (Lipinski definition) is 1. The summed E-state index contributed by atoms with van der Waals surface area (Å²) in [6, 6.07) is 13.1. The maximum atomic E-state index is 13.0. The lowest BCUT2D eigenvalue weighted by Crippen LogP contribution is -2.41. The van der Waals surface area contributed by atoms with Crippen molar-refractivity contribution in [2.75, 3.05) is 5.75 Å². The van der Waals surface area contributed by atoms with E-state index < -0.39 is 6.04 Å². The van der Waals surface area contributed by atoms with E-state index in [2.05, 4.69) is 15.3 Å². The van der Waals surface area contributed by atoms with Gasteiger partial charge in [0.05, 0.1) is 11.4 Å². The molecule has 2 amide bonds. The Labute approximate surface area is 178 Å². The fourth-order valence-electron chi connectivity index (χ4n) is 3.34. The molecule has 0 bridgehead atoms. The van der Waals surface area contributed by atoms with Gasteiger partial charge in [-0.15, -0.1) is 0 Å². The Balaban J connectivity index is 1.46. The molecular weight excluding hydrogens is 403 g/mol. The smallest absolute Gasteiger partial charge is 0.259 e. The summed E-state index contributed by atoms with van der Waals surface area (Å²) in [6.45, 7) is 2.33. The molecule has 6 nitrogen and oxygen atoms in total. The first-order valence-corrected chi connectivity index (χ1v) is 10.8. The molecular formula is C22H21FN4O2S. The number of aliphatic imine (C=N–C) groups is 2. The second-order valence-corrected chi connectivity index (χ2v) is 7.98. The van der Waals surface area contributed by atoms with Crippen LogP contribution in [-0.4, -0.2) is 39.5 Å². The predicted octanol–water partition coefficient (Wildman–Crippen LogP) is 3.63. The van der Waals surface area contributed by atoms with Crippen molar-refractivity contribution in [3.8, 4) is 0 Å². The van der Waals surface area contributed by atoms with Crippen LogP contribution in [0.25, 0.3) is 0 Å². The minimum absolute atomic E-state index is 0.0978. The number of carbonyl (C=O) groups is 2. The minimum atomic E-state index is -0.408. The molecule has 0 aliphatic carbocycles. The molecule has 1 unspecified atom stereocenters. The van der Waals surface area contributed by atoms with Crippen LogP contribution in [0.3, 0.4) is 0 Å². The van der Waals surface area contributed by atoms with E-state index in [0.29, 0.717) is 24.0 Å². The minimum Gasteiger partial charge on any atom is -0.351 e. The van der Waals surface area contributed by atoms with Gasteiger partial charge in [-0.3, -0.25) is 14.6 Å². The monoisotopic (exact) mass is 424 g/mol. The number of hydrogen-bond acceptors (Lipinski definition) is 5. The second-order valence-electron chi connectivity index (χ2n) is 7.03. The molecule has 0 fully saturated rings. The van der Waals surface area contributed by atoms with Crippen LogP contribution in [0.1, 0.15) is 30.9 Å². The van der Waals surface area contributed by atoms with Crippen LogP contribution in [0.5, 0.6) is 0 Å². The molecule has 0 radical (unpaired) electrons. The van der Waals surface area contributed by atoms with Crippen LogP contribution in [0.4, 0.5) is 10.1 Å². The molecule has 2 aliphatic rings. The average Bonchev–Trinajstić information content (AvgIpc) is 3.08. The number of nitrogens with zero attached hydrogens (tertiary/aromatic N) is 3. The highest BCUT2D eigenvalue weighted by Crippen LogP contribution is 2.34. The van der Waals surface area contributed by atoms with E-state index in [1.165, 1.54) is 23.9 Å². The lowest BCUT2D eigenvalue weighted by molar-refractivity contribution is -0.124. The van der Waals surface area contributed by atoms with Crippen molar-refractivity contribution in [3.63, 3.8) is 0 Å². The van der Waals surface area contributed by atoms with E-state index >= 15 is 0 Å². The molecule has 30 heavy (non-hydrogen) atoms. The lowest BCUT2D eigenvalue weighted by Gasteiger charge is -2.25. The summed E-state index contributed by atoms with van der Waals surface area (Å²) < 4.78 is 13.0. The van der Waals surface area contributed by atoms with Gasteiger partial charge < -0.3 is 5.32 Å². The molecule has 0 saturated carbocycles. The maximum absolute atomic E-state index is 13.0. The van der Waals surface area contributed by atoms with Crippen LogP contribution in [0, 0.1) is 5.82 Å². The largest absolute Gasteiger partial charge is 0.351 e. The molecule has 2 aromatic rings. The Hall–Kier alpha value is -3.00. The number of nitrogens with one attached hydrogen (secondary N) is 1. The number of fused-ring (bicyclic) bond motifs is 3. The van der Waals surface area contributed by atoms with Gasteiger partial charge in [-0.25, -0.2) is 14.3 Å². The van der Waals surface area contributed by atoms with Crippen molar-refractivity contribution in [1.82, 2.24) is 10.2 Å². The van der Waals surface area contributed by atoms with E-state index in [-0.39, 0.29) is 23.4 Å². The van der Waals surface area contributed by atoms with E-state index in [0.717, 1.165) is 23.2 Å². The van der Waals surface area contributed by atoms with E-state index in [1.54, 1.807) is 17.0 Å². The van der Waals surface area contributed by atoms with Crippen LogP contribution < -0.4 is 5.32 Å². The number of amidine groups is 2. The molecule has 2 aromatic carbocycles. The van der Waals surface area contributed by atoms with Gasteiger partial charge in [0.25, 0.3) is 5.91 Å². The fraction of sp³-hybridized carbons (Fsp3) is 0.273. The molecule has 0 saturated heterocycles. The van der Waals surface area contributed by atoms with E-state index in [9.17, 15) is 14.0 Å². The molecule has 0 aromatic heterocycles. The number of carbonyl (C=O) groups excluding carboxylic acids is 2. The third-order valence-corrected chi connectivity index (χ3v) is 5.78. The third kappa shape index (κ3) is 4.14. The topological polar surface area (TPSA) is 74.1 Å². The van der Waals surface area contributed by atoms with Gasteiger partial charge in [-0.2, -0.15) is 0 Å². The van der Waals surface area contributed by atoms with Crippen molar-refractivity contribution < 1.29 is 14.0 Å². The first-order valence-electron chi connectivity index (χ1n) is 9.80. The first kappa shape index (κ1) is 20.3. The number of thioether (sulfide) groups is 1. The lowest BCUT2D eigenvalue weighted by atomic mass is 10.1. The highest BCUT2D eigenvalue weighted by Gasteiger charge is 2.40. The maximum Gasteiger partial charge on any atom is 0.259 e. The highest BCUT2D eigenvalue weighted by atomic mass is 32.2. The molecule has 0 spiro atoms. The standard InChI is InChI=1S/C22H21FN4O2S/c1-2-5-18-21(29)27-20(25-18)16-6-3-4-7-17(16)26-22(27)30-13-19(28)24-12-14-8-10-15(23)11-9-14/h3-4,6-11,18H,2,5,12-13H2,1H3,(H,24,28). The molecule has 2 heterocycles. The van der Waals surface area contributed by atoms with Crippen LogP contribution in [0.15, 0.2) is 58.5 Å². The summed E-state index contributed by atoms with van der Waals surface area (Å²) in [5, 5.41) is 3.27. The Morgan fingerprint density at radius 3 is 2.73 bits per heavy atom. The number of amides is 2. The summed E-state index contributed by atoms with van der Waals surface area (Å²) in [5.74, 6) is 0.113. The van der Waals surface area contributed by atoms with Gasteiger partial charge in [0.2, 0.25) is 5.91 Å². The SMILES string of the molecule is CCCC1N=C2c3ccccc3N=C(SCC(=O)NCc3ccc(F)cc3)N2C1=O. The molecule has 1 N–H and O–H groups in total. The zero-order valence-corrected chi connectivity index (χ0v) is 17.3. The van der Waals surface area contributed by atoms with Gasteiger partial charge in [0, 0.05) is 12.1 Å². The van der Waals surface area contributed by atoms with E-state index in [1.807, 2.05) is 31.2 Å². The Bertz CT molecular complexity index is 1040. The van der Waals surface area contributed by atoms with Crippen molar-refractivity contribution in [2.45, 2.75) is 32.4 Å². The summed E-state index contributed by atoms with van der Waals surface area (Å²) in [6.07, 6.45) is 1.53. The average molecular weight is 425 g/mol. The van der Waals surface area contributed by atoms with E-state index in [4.69, 9.17) is 0 Å². The summed E-state index contributed by atoms with van der Waals surface area (Å²) in [4.78, 5) is 36.0. The quantitative estimate of drug-likeness (QED) is 0.770. The first-order chi connectivity index (χ1) is 14.6. The summed E-state index contributed by atoms with van der Waals surface area (Å²) >= 11 is 1.21. The van der Waals surface area contributed by atoms with Gasteiger partial charge in [0.1, 0.15) is 17.7 Å². The molecule has 4 rings (SSSR count). The van der Waals surface area contributed by atoms with Crippen LogP contribution in [-0.2, 0) is 16.1 Å². The second kappa shape index (κ2) is 8.79. The number of rotatable bonds is 6. The third-order valence-electron chi connectivity index (χ3n) is 4.85. The molecule has 154 valence electrons. The van der Waals surface area contributed by atoms with Gasteiger partial charge in [0.15, 0.2) is 5.17 Å². The van der Waals surface area contributed by atoms with Crippen molar-refractivity contribution in [1.29, 1.82) is 0 Å². The zero-order valence-electron chi connectivity index (χ0n) is 16.5. The number of halogens is 1. The fourth-order valence-corrected chi connectivity index (χ4v) is 4.18. The Kier molecular flexibility index (Phi) is 5.94. The van der Waals surface area contributed by atoms with Crippen LogP contribution in [0.2, 0.25) is 0 Å². The molecule has 1 atom stereocenters. The van der Waals surface area contributed by atoms with Gasteiger partial charge in [-0.05, 0) is 36.2 Å². The number of benzene rings is 2. The normalized spacial score (nSPS) is 17.2. The predicted molar refractivity (Wildman–Crippen MR) is 116 cm³/mol. The zero-order chi connectivity index (χ0) is 21.1. The Morgan fingerprint density at radius 1 is 1.20 bits per heavy atom. The summed E-state index contributed by atoms with van der Waals surface area (Å²) in [7, 11) is 0. The van der Waals surface area contributed by atoms with Crippen molar-refractivity contribution >= 4 is 40.3 Å². The van der Waals surface area contributed by atoms with Gasteiger partial charge in [-0.1, -0.05) is 49.4 Å². The van der Waals surface area contributed by atoms with Crippen molar-refractivity contribution in [3.05, 3.63) is 65.5 Å². The number of para-hydroxylation sites is 1. The van der Waals surface area contributed by atoms with Crippen LogP contribution >= 0.6 is 11.8 Å². The highest BCUT2D eigenvalue weighted by molar-refractivity contribution is 8.14. The van der Waals surface area contributed by atoms with Gasteiger partial charge >= 0.3 is 0 Å². The molecule has 8 heteroatoms. The summed E-state index contributed by atoms with van der Waals surface area (Å²) in [5.41, 5.74) is 2.38.